The van der Waals surface area contributed by atoms with Gasteiger partial charge in [0.25, 0.3) is 0 Å². The van der Waals surface area contributed by atoms with Gasteiger partial charge in [0.15, 0.2) is 0 Å². The summed E-state index contributed by atoms with van der Waals surface area (Å²) in [6.07, 6.45) is 0. The van der Waals surface area contributed by atoms with Crippen LogP contribution in [-0.2, 0) is 4.79 Å². The topological polar surface area (TPSA) is 84.2 Å². The van der Waals surface area contributed by atoms with Gasteiger partial charge < -0.3 is 16.4 Å². The highest BCUT2D eigenvalue weighted by Crippen LogP contribution is 2.21. The van der Waals surface area contributed by atoms with E-state index >= 15 is 0 Å². The molecule has 0 aliphatic carbocycles. The average molecular weight is 265 g/mol. The van der Waals surface area contributed by atoms with E-state index in [4.69, 9.17) is 5.73 Å². The minimum Gasteiger partial charge on any atom is -0.366 e. The Hall–Kier alpha value is -1.95. The Bertz CT molecular complexity index is 519. The van der Waals surface area contributed by atoms with Gasteiger partial charge in [0, 0.05) is 12.1 Å². The molecule has 0 bridgehead atoms. The van der Waals surface area contributed by atoms with E-state index in [0.717, 1.165) is 12.6 Å². The number of hydrogen-bond acceptors (Lipinski definition) is 3. The maximum Gasteiger partial charge on any atom is 0.248 e. The van der Waals surface area contributed by atoms with Crippen molar-refractivity contribution in [1.29, 1.82) is 0 Å². The molecule has 19 heavy (non-hydrogen) atoms. The lowest BCUT2D eigenvalue weighted by Gasteiger charge is -2.15. The molecule has 0 spiro atoms. The number of carbonyl (C=O) groups excluding carboxylic acids is 2. The second-order valence-corrected chi connectivity index (χ2v) is 4.79. The Morgan fingerprint density at radius 3 is 2.74 bits per heavy atom. The van der Waals surface area contributed by atoms with Crippen LogP contribution >= 0.6 is 0 Å². The first kappa shape index (κ1) is 13.5. The fraction of sp³-hybridized carbons (Fsp3) is 0.385. The largest absolute Gasteiger partial charge is 0.366 e. The number of nitrogens with one attached hydrogen (secondary N) is 2. The standard InChI is InChI=1S/C13H16FN3O2/c1-7-5-16-6-9(7)13(19)17-11-4-8(12(15)18)2-3-10(11)14/h2-4,7,9,16H,5-6H2,1H3,(H2,15,18)(H,17,19). The number of nitrogens with two attached hydrogens (primary N) is 1. The zero-order valence-electron chi connectivity index (χ0n) is 10.6. The van der Waals surface area contributed by atoms with Crippen LogP contribution in [0, 0.1) is 17.7 Å². The van der Waals surface area contributed by atoms with Gasteiger partial charge in [0.05, 0.1) is 11.6 Å². The van der Waals surface area contributed by atoms with Gasteiger partial charge in [-0.05, 0) is 30.7 Å². The second-order valence-electron chi connectivity index (χ2n) is 4.79. The molecule has 2 unspecified atom stereocenters. The molecular weight excluding hydrogens is 249 g/mol. The summed E-state index contributed by atoms with van der Waals surface area (Å²) in [6.45, 7) is 3.30. The van der Waals surface area contributed by atoms with Crippen LogP contribution in [0.15, 0.2) is 18.2 Å². The van der Waals surface area contributed by atoms with E-state index in [1.807, 2.05) is 6.92 Å². The second kappa shape index (κ2) is 5.36. The molecule has 5 nitrogen and oxygen atoms in total. The quantitative estimate of drug-likeness (QED) is 0.753. The third-order valence-corrected chi connectivity index (χ3v) is 3.36. The van der Waals surface area contributed by atoms with Gasteiger partial charge >= 0.3 is 0 Å². The van der Waals surface area contributed by atoms with Crippen molar-refractivity contribution in [2.75, 3.05) is 18.4 Å². The summed E-state index contributed by atoms with van der Waals surface area (Å²) in [6, 6.07) is 3.65. The van der Waals surface area contributed by atoms with Crippen LogP contribution in [0.1, 0.15) is 17.3 Å². The minimum atomic E-state index is -0.661. The van der Waals surface area contributed by atoms with Crippen LogP contribution in [0.2, 0.25) is 0 Å². The summed E-state index contributed by atoms with van der Waals surface area (Å²) >= 11 is 0. The third-order valence-electron chi connectivity index (χ3n) is 3.36. The Morgan fingerprint density at radius 1 is 1.42 bits per heavy atom. The van der Waals surface area contributed by atoms with Crippen LogP contribution < -0.4 is 16.4 Å². The van der Waals surface area contributed by atoms with Gasteiger partial charge in [-0.2, -0.15) is 0 Å². The Labute approximate surface area is 110 Å². The Balaban J connectivity index is 2.16. The molecule has 102 valence electrons. The number of anilines is 1. The molecule has 1 aliphatic rings. The number of benzene rings is 1. The fourth-order valence-electron chi connectivity index (χ4n) is 2.16. The highest BCUT2D eigenvalue weighted by molar-refractivity contribution is 5.97. The highest BCUT2D eigenvalue weighted by Gasteiger charge is 2.29. The molecule has 0 aromatic heterocycles. The van der Waals surface area contributed by atoms with Gasteiger partial charge in [0.2, 0.25) is 11.8 Å². The minimum absolute atomic E-state index is 0.0135. The van der Waals surface area contributed by atoms with Crippen LogP contribution in [0.25, 0.3) is 0 Å². The Kier molecular flexibility index (Phi) is 3.80. The zero-order chi connectivity index (χ0) is 14.0. The number of halogens is 1. The smallest absolute Gasteiger partial charge is 0.248 e. The van der Waals surface area contributed by atoms with Crippen molar-refractivity contribution in [2.24, 2.45) is 17.6 Å². The summed E-state index contributed by atoms with van der Waals surface area (Å²) in [5, 5.41) is 5.62. The molecule has 1 aromatic carbocycles. The van der Waals surface area contributed by atoms with E-state index in [1.54, 1.807) is 0 Å². The number of hydrogen-bond donors (Lipinski definition) is 3. The first-order chi connectivity index (χ1) is 8.99. The van der Waals surface area contributed by atoms with Crippen molar-refractivity contribution in [3.8, 4) is 0 Å². The summed E-state index contributed by atoms with van der Waals surface area (Å²) in [5.74, 6) is -1.50. The van der Waals surface area contributed by atoms with Crippen molar-refractivity contribution in [3.63, 3.8) is 0 Å². The number of amides is 2. The average Bonchev–Trinajstić information content (AvgIpc) is 2.78. The van der Waals surface area contributed by atoms with Gasteiger partial charge in [-0.3, -0.25) is 9.59 Å². The number of carbonyl (C=O) groups is 2. The molecular formula is C13H16FN3O2. The van der Waals surface area contributed by atoms with E-state index in [9.17, 15) is 14.0 Å². The fourth-order valence-corrected chi connectivity index (χ4v) is 2.16. The zero-order valence-corrected chi connectivity index (χ0v) is 10.6. The van der Waals surface area contributed by atoms with Gasteiger partial charge in [-0.15, -0.1) is 0 Å². The molecule has 0 saturated carbocycles. The normalized spacial score (nSPS) is 22.2. The summed E-state index contributed by atoms with van der Waals surface area (Å²) in [7, 11) is 0. The molecule has 2 amide bonds. The lowest BCUT2D eigenvalue weighted by molar-refractivity contribution is -0.120. The first-order valence-electron chi connectivity index (χ1n) is 6.10. The molecule has 0 radical (unpaired) electrons. The van der Waals surface area contributed by atoms with Gasteiger partial charge in [0.1, 0.15) is 5.82 Å². The van der Waals surface area contributed by atoms with Gasteiger partial charge in [-0.1, -0.05) is 6.92 Å². The predicted molar refractivity (Wildman–Crippen MR) is 69.1 cm³/mol. The number of rotatable bonds is 3. The lowest BCUT2D eigenvalue weighted by Crippen LogP contribution is -2.28. The molecule has 1 aliphatic heterocycles. The van der Waals surface area contributed by atoms with Crippen LogP contribution in [0.4, 0.5) is 10.1 Å². The summed E-state index contributed by atoms with van der Waals surface area (Å²) in [5.41, 5.74) is 5.27. The van der Waals surface area contributed by atoms with Crippen molar-refractivity contribution in [2.45, 2.75) is 6.92 Å². The molecule has 2 rings (SSSR count). The molecule has 1 aromatic rings. The van der Waals surface area contributed by atoms with Crippen LogP contribution in [-0.4, -0.2) is 24.9 Å². The third kappa shape index (κ3) is 2.90. The predicted octanol–water partition coefficient (Wildman–Crippen LogP) is 0.719. The highest BCUT2D eigenvalue weighted by atomic mass is 19.1. The van der Waals surface area contributed by atoms with Crippen molar-refractivity contribution in [1.82, 2.24) is 5.32 Å². The number of primary amides is 1. The maximum absolute atomic E-state index is 13.6. The van der Waals surface area contributed by atoms with E-state index in [1.165, 1.54) is 12.1 Å². The summed E-state index contributed by atoms with van der Waals surface area (Å²) in [4.78, 5) is 23.1. The molecule has 2 atom stereocenters. The van der Waals surface area contributed by atoms with Crippen molar-refractivity contribution < 1.29 is 14.0 Å². The lowest BCUT2D eigenvalue weighted by atomic mass is 9.97. The maximum atomic E-state index is 13.6. The van der Waals surface area contributed by atoms with E-state index < -0.39 is 11.7 Å². The SMILES string of the molecule is CC1CNCC1C(=O)Nc1cc(C(N)=O)ccc1F. The van der Waals surface area contributed by atoms with Crippen molar-refractivity contribution >= 4 is 17.5 Å². The van der Waals surface area contributed by atoms with Crippen molar-refractivity contribution in [3.05, 3.63) is 29.6 Å². The van der Waals surface area contributed by atoms with Crippen LogP contribution in [0.5, 0.6) is 0 Å². The van der Waals surface area contributed by atoms with E-state index in [-0.39, 0.29) is 29.0 Å². The first-order valence-corrected chi connectivity index (χ1v) is 6.10. The molecule has 6 heteroatoms. The van der Waals surface area contributed by atoms with E-state index in [0.29, 0.717) is 6.54 Å². The summed E-state index contributed by atoms with van der Waals surface area (Å²) < 4.78 is 13.6. The monoisotopic (exact) mass is 265 g/mol. The molecule has 4 N–H and O–H groups in total. The Morgan fingerprint density at radius 2 is 2.16 bits per heavy atom. The molecule has 1 heterocycles. The molecule has 1 saturated heterocycles. The molecule has 1 fully saturated rings. The van der Waals surface area contributed by atoms with Gasteiger partial charge in [-0.25, -0.2) is 4.39 Å². The van der Waals surface area contributed by atoms with Crippen LogP contribution in [0.3, 0.4) is 0 Å². The van der Waals surface area contributed by atoms with E-state index in [2.05, 4.69) is 10.6 Å².